The van der Waals surface area contributed by atoms with Gasteiger partial charge < -0.3 is 10.2 Å². The van der Waals surface area contributed by atoms with Crippen LogP contribution in [0, 0.1) is 19.7 Å². The minimum atomic E-state index is -0.257. The van der Waals surface area contributed by atoms with Gasteiger partial charge in [-0.3, -0.25) is 4.79 Å². The molecule has 0 saturated heterocycles. The molecule has 158 valence electrons. The first-order chi connectivity index (χ1) is 14.4. The van der Waals surface area contributed by atoms with E-state index in [1.807, 2.05) is 43.1 Å². The molecule has 0 spiro atoms. The van der Waals surface area contributed by atoms with Crippen molar-refractivity contribution < 1.29 is 9.18 Å². The molecule has 5 nitrogen and oxygen atoms in total. The van der Waals surface area contributed by atoms with Gasteiger partial charge in [0, 0.05) is 20.1 Å². The normalized spacial score (nSPS) is 10.8. The predicted octanol–water partition coefficient (Wildman–Crippen LogP) is 4.60. The second kappa shape index (κ2) is 9.76. The van der Waals surface area contributed by atoms with Crippen LogP contribution in [0.2, 0.25) is 5.15 Å². The molecule has 2 aromatic carbocycles. The molecule has 3 aromatic rings. The molecular weight excluding hydrogens is 403 g/mol. The molecule has 1 aromatic heterocycles. The monoisotopic (exact) mass is 428 g/mol. The first-order valence-electron chi connectivity index (χ1n) is 9.89. The molecule has 1 amide bonds. The number of aryl methyl sites for hydroxylation is 2. The number of amides is 1. The summed E-state index contributed by atoms with van der Waals surface area (Å²) < 4.78 is 15.5. The number of carbonyl (C=O) groups excluding carboxylic acids is 1. The second-order valence-corrected chi connectivity index (χ2v) is 7.73. The zero-order chi connectivity index (χ0) is 21.7. The average Bonchev–Trinajstić information content (AvgIpc) is 3.00. The van der Waals surface area contributed by atoms with Gasteiger partial charge in [0.1, 0.15) is 11.0 Å². The maximum Gasteiger partial charge on any atom is 0.256 e. The van der Waals surface area contributed by atoms with Gasteiger partial charge in [-0.05, 0) is 38.0 Å². The van der Waals surface area contributed by atoms with Crippen LogP contribution in [-0.2, 0) is 6.54 Å². The van der Waals surface area contributed by atoms with Gasteiger partial charge in [-0.25, -0.2) is 9.07 Å². The summed E-state index contributed by atoms with van der Waals surface area (Å²) in [5.41, 5.74) is 3.77. The molecule has 7 heteroatoms. The molecular formula is C23H26ClFN4O. The molecule has 0 atom stereocenters. The Bertz CT molecular complexity index is 1020. The van der Waals surface area contributed by atoms with E-state index in [0.717, 1.165) is 5.56 Å². The number of nitrogens with one attached hydrogen (secondary N) is 1. The molecule has 0 unspecified atom stereocenters. The topological polar surface area (TPSA) is 50.2 Å². The number of nitrogens with zero attached hydrogens (tertiary/aromatic N) is 3. The van der Waals surface area contributed by atoms with E-state index in [-0.39, 0.29) is 11.7 Å². The Morgan fingerprint density at radius 3 is 2.57 bits per heavy atom. The molecule has 0 bridgehead atoms. The first kappa shape index (κ1) is 21.8. The van der Waals surface area contributed by atoms with Gasteiger partial charge in [-0.1, -0.05) is 53.6 Å². The van der Waals surface area contributed by atoms with Crippen molar-refractivity contribution in [3.8, 4) is 0 Å². The van der Waals surface area contributed by atoms with Crippen LogP contribution in [0.3, 0.4) is 0 Å². The summed E-state index contributed by atoms with van der Waals surface area (Å²) in [6, 6.07) is 14.7. The minimum Gasteiger partial charge on any atom is -0.372 e. The SMILES string of the molecule is Cc1ccc(Cn2nc(C)c(C(=O)NCCCN(C)c3ccccc3F)c2Cl)cc1. The fourth-order valence-electron chi connectivity index (χ4n) is 3.27. The Morgan fingerprint density at radius 1 is 1.17 bits per heavy atom. The number of hydrogen-bond acceptors (Lipinski definition) is 3. The molecule has 3 rings (SSSR count). The summed E-state index contributed by atoms with van der Waals surface area (Å²) in [4.78, 5) is 14.5. The summed E-state index contributed by atoms with van der Waals surface area (Å²) in [6.45, 7) is 5.38. The number of hydrogen-bond donors (Lipinski definition) is 1. The largest absolute Gasteiger partial charge is 0.372 e. The Balaban J connectivity index is 1.56. The van der Waals surface area contributed by atoms with Gasteiger partial charge >= 0.3 is 0 Å². The lowest BCUT2D eigenvalue weighted by Gasteiger charge is -2.19. The Hall–Kier alpha value is -2.86. The van der Waals surface area contributed by atoms with E-state index in [1.54, 1.807) is 29.8 Å². The van der Waals surface area contributed by atoms with Crippen molar-refractivity contribution in [3.63, 3.8) is 0 Å². The van der Waals surface area contributed by atoms with Crippen molar-refractivity contribution in [1.29, 1.82) is 0 Å². The van der Waals surface area contributed by atoms with Crippen LogP contribution in [0.25, 0.3) is 0 Å². The fourth-order valence-corrected chi connectivity index (χ4v) is 3.59. The maximum atomic E-state index is 13.8. The summed E-state index contributed by atoms with van der Waals surface area (Å²) >= 11 is 6.46. The smallest absolute Gasteiger partial charge is 0.256 e. The molecule has 0 fully saturated rings. The van der Waals surface area contributed by atoms with E-state index >= 15 is 0 Å². The van der Waals surface area contributed by atoms with Gasteiger partial charge in [0.2, 0.25) is 0 Å². The highest BCUT2D eigenvalue weighted by Gasteiger charge is 2.20. The third-order valence-corrected chi connectivity index (χ3v) is 5.35. The molecule has 0 aliphatic carbocycles. The summed E-state index contributed by atoms with van der Waals surface area (Å²) in [5, 5.41) is 7.65. The maximum absolute atomic E-state index is 13.8. The fraction of sp³-hybridized carbons (Fsp3) is 0.304. The van der Waals surface area contributed by atoms with Crippen LogP contribution < -0.4 is 10.2 Å². The van der Waals surface area contributed by atoms with Gasteiger partial charge in [-0.15, -0.1) is 0 Å². The lowest BCUT2D eigenvalue weighted by Crippen LogP contribution is -2.28. The van der Waals surface area contributed by atoms with Crippen LogP contribution in [0.5, 0.6) is 0 Å². The van der Waals surface area contributed by atoms with E-state index in [4.69, 9.17) is 11.6 Å². The van der Waals surface area contributed by atoms with Gasteiger partial charge in [0.05, 0.1) is 23.5 Å². The summed E-state index contributed by atoms with van der Waals surface area (Å²) in [7, 11) is 1.83. The van der Waals surface area contributed by atoms with E-state index in [2.05, 4.69) is 10.4 Å². The lowest BCUT2D eigenvalue weighted by molar-refractivity contribution is 0.0953. The van der Waals surface area contributed by atoms with Crippen molar-refractivity contribution >= 4 is 23.2 Å². The van der Waals surface area contributed by atoms with Gasteiger partial charge in [0.25, 0.3) is 5.91 Å². The summed E-state index contributed by atoms with van der Waals surface area (Å²) in [6.07, 6.45) is 0.671. The van der Waals surface area contributed by atoms with Gasteiger partial charge in [-0.2, -0.15) is 5.10 Å². The Morgan fingerprint density at radius 2 is 1.87 bits per heavy atom. The number of anilines is 1. The predicted molar refractivity (Wildman–Crippen MR) is 119 cm³/mol. The van der Waals surface area contributed by atoms with Crippen LogP contribution in [0.15, 0.2) is 48.5 Å². The highest BCUT2D eigenvalue weighted by Crippen LogP contribution is 2.21. The molecule has 1 heterocycles. The number of halogens is 2. The number of rotatable bonds is 8. The number of carbonyl (C=O) groups is 1. The van der Waals surface area contributed by atoms with Crippen molar-refractivity contribution in [1.82, 2.24) is 15.1 Å². The van der Waals surface area contributed by atoms with Crippen LogP contribution in [0.1, 0.15) is 33.6 Å². The molecule has 0 saturated carbocycles. The number of para-hydroxylation sites is 1. The van der Waals surface area contributed by atoms with Crippen molar-refractivity contribution in [3.05, 3.63) is 81.9 Å². The van der Waals surface area contributed by atoms with E-state index < -0.39 is 0 Å². The van der Waals surface area contributed by atoms with Crippen LogP contribution in [0.4, 0.5) is 10.1 Å². The minimum absolute atomic E-state index is 0.249. The van der Waals surface area contributed by atoms with E-state index in [9.17, 15) is 9.18 Å². The highest BCUT2D eigenvalue weighted by molar-refractivity contribution is 6.33. The number of aromatic nitrogens is 2. The highest BCUT2D eigenvalue weighted by atomic mass is 35.5. The van der Waals surface area contributed by atoms with E-state index in [0.29, 0.717) is 48.2 Å². The molecule has 0 aliphatic rings. The standard InChI is InChI=1S/C23H26ClFN4O/c1-16-9-11-18(12-10-16)15-29-22(24)21(17(2)27-29)23(30)26-13-6-14-28(3)20-8-5-4-7-19(20)25/h4-5,7-12H,6,13-15H2,1-3H3,(H,26,30). The third kappa shape index (κ3) is 5.19. The van der Waals surface area contributed by atoms with Crippen molar-refractivity contribution in [2.75, 3.05) is 25.0 Å². The number of benzene rings is 2. The zero-order valence-electron chi connectivity index (χ0n) is 17.5. The molecule has 1 N–H and O–H groups in total. The Kier molecular flexibility index (Phi) is 7.11. The quantitative estimate of drug-likeness (QED) is 0.533. The third-order valence-electron chi connectivity index (χ3n) is 4.96. The summed E-state index contributed by atoms with van der Waals surface area (Å²) in [5.74, 6) is -0.506. The average molecular weight is 429 g/mol. The molecule has 0 radical (unpaired) electrons. The van der Waals surface area contributed by atoms with E-state index in [1.165, 1.54) is 11.6 Å². The van der Waals surface area contributed by atoms with Crippen molar-refractivity contribution in [2.45, 2.75) is 26.8 Å². The van der Waals surface area contributed by atoms with Crippen LogP contribution in [-0.4, -0.2) is 35.8 Å². The first-order valence-corrected chi connectivity index (χ1v) is 10.3. The molecule has 30 heavy (non-hydrogen) atoms. The lowest BCUT2D eigenvalue weighted by atomic mass is 10.1. The second-order valence-electron chi connectivity index (χ2n) is 7.38. The Labute approximate surface area is 181 Å². The van der Waals surface area contributed by atoms with Gasteiger partial charge in [0.15, 0.2) is 0 Å². The molecule has 0 aliphatic heterocycles. The van der Waals surface area contributed by atoms with Crippen LogP contribution >= 0.6 is 11.6 Å². The zero-order valence-corrected chi connectivity index (χ0v) is 18.2. The van der Waals surface area contributed by atoms with Crippen molar-refractivity contribution in [2.24, 2.45) is 0 Å².